The summed E-state index contributed by atoms with van der Waals surface area (Å²) in [4.78, 5) is 0. The van der Waals surface area contributed by atoms with E-state index in [4.69, 9.17) is 9.47 Å². The summed E-state index contributed by atoms with van der Waals surface area (Å²) in [5.41, 5.74) is 1.31. The summed E-state index contributed by atoms with van der Waals surface area (Å²) in [6, 6.07) is 6.81. The molecule has 0 atom stereocenters. The van der Waals surface area contributed by atoms with Crippen LogP contribution in [0.2, 0.25) is 0 Å². The van der Waals surface area contributed by atoms with E-state index in [2.05, 4.69) is 18.3 Å². The van der Waals surface area contributed by atoms with Crippen molar-refractivity contribution in [1.29, 1.82) is 0 Å². The fourth-order valence-electron chi connectivity index (χ4n) is 2.54. The summed E-state index contributed by atoms with van der Waals surface area (Å²) in [7, 11) is 3.41. The third-order valence-corrected chi connectivity index (χ3v) is 3.70. The Bertz CT molecular complexity index is 386. The number of ether oxygens (including phenoxy) is 2. The summed E-state index contributed by atoms with van der Waals surface area (Å²) < 4.78 is 10.7. The summed E-state index contributed by atoms with van der Waals surface area (Å²) in [5, 5.41) is 3.56. The van der Waals surface area contributed by atoms with E-state index in [9.17, 15) is 0 Å². The summed E-state index contributed by atoms with van der Waals surface area (Å²) in [6.07, 6.45) is 3.62. The average molecular weight is 249 g/mol. The zero-order valence-electron chi connectivity index (χ0n) is 11.5. The van der Waals surface area contributed by atoms with Crippen LogP contribution in [0.15, 0.2) is 18.2 Å². The van der Waals surface area contributed by atoms with Gasteiger partial charge in [-0.3, -0.25) is 0 Å². The van der Waals surface area contributed by atoms with Crippen LogP contribution in [0.25, 0.3) is 0 Å². The molecule has 0 saturated heterocycles. The molecule has 1 saturated carbocycles. The molecule has 0 aromatic heterocycles. The van der Waals surface area contributed by atoms with Crippen LogP contribution >= 0.6 is 0 Å². The highest BCUT2D eigenvalue weighted by Crippen LogP contribution is 2.42. The van der Waals surface area contributed by atoms with Crippen LogP contribution in [0.4, 0.5) is 0 Å². The molecule has 1 aromatic rings. The third-order valence-electron chi connectivity index (χ3n) is 3.70. The lowest BCUT2D eigenvalue weighted by Gasteiger charge is -2.37. The van der Waals surface area contributed by atoms with Gasteiger partial charge in [-0.15, -0.1) is 0 Å². The first-order chi connectivity index (χ1) is 8.78. The molecular formula is C15H23NO2. The molecule has 100 valence electrons. The molecule has 0 bridgehead atoms. The van der Waals surface area contributed by atoms with Gasteiger partial charge in [-0.05, 0) is 43.4 Å². The fourth-order valence-corrected chi connectivity index (χ4v) is 2.54. The summed E-state index contributed by atoms with van der Waals surface area (Å²) in [6.45, 7) is 3.33. The minimum absolute atomic E-state index is 0.625. The second-order valence-electron chi connectivity index (χ2n) is 4.93. The SMILES string of the molecule is CCCNC1CC(c2ccc(OC)cc2OC)C1. The van der Waals surface area contributed by atoms with E-state index in [1.807, 2.05) is 12.1 Å². The highest BCUT2D eigenvalue weighted by atomic mass is 16.5. The quantitative estimate of drug-likeness (QED) is 0.841. The van der Waals surface area contributed by atoms with Gasteiger partial charge < -0.3 is 14.8 Å². The number of hydrogen-bond acceptors (Lipinski definition) is 3. The van der Waals surface area contributed by atoms with Gasteiger partial charge in [0.25, 0.3) is 0 Å². The number of benzene rings is 1. The maximum atomic E-state index is 5.46. The van der Waals surface area contributed by atoms with Gasteiger partial charge in [0.2, 0.25) is 0 Å². The lowest BCUT2D eigenvalue weighted by atomic mass is 9.75. The van der Waals surface area contributed by atoms with Crippen molar-refractivity contribution in [3.63, 3.8) is 0 Å². The molecule has 0 aliphatic heterocycles. The molecule has 3 nitrogen and oxygen atoms in total. The number of nitrogens with one attached hydrogen (secondary N) is 1. The maximum Gasteiger partial charge on any atom is 0.126 e. The largest absolute Gasteiger partial charge is 0.497 e. The first kappa shape index (κ1) is 13.2. The standard InChI is InChI=1S/C15H23NO2/c1-4-7-16-12-8-11(9-12)14-6-5-13(17-2)10-15(14)18-3/h5-6,10-12,16H,4,7-9H2,1-3H3. The van der Waals surface area contributed by atoms with E-state index in [0.29, 0.717) is 12.0 Å². The molecule has 0 heterocycles. The Kier molecular flexibility index (Phi) is 4.48. The Labute approximate surface area is 109 Å². The molecule has 1 aliphatic rings. The van der Waals surface area contributed by atoms with E-state index < -0.39 is 0 Å². The Morgan fingerprint density at radius 1 is 1.22 bits per heavy atom. The molecule has 0 amide bonds. The van der Waals surface area contributed by atoms with Crippen molar-refractivity contribution in [3.8, 4) is 11.5 Å². The molecule has 0 radical (unpaired) electrons. The van der Waals surface area contributed by atoms with E-state index in [1.165, 1.54) is 24.8 Å². The van der Waals surface area contributed by atoms with Gasteiger partial charge >= 0.3 is 0 Å². The Morgan fingerprint density at radius 2 is 2.00 bits per heavy atom. The van der Waals surface area contributed by atoms with Crippen LogP contribution in [0.3, 0.4) is 0 Å². The summed E-state index contributed by atoms with van der Waals surface area (Å²) in [5.74, 6) is 2.43. The van der Waals surface area contributed by atoms with Crippen LogP contribution in [-0.4, -0.2) is 26.8 Å². The van der Waals surface area contributed by atoms with E-state index >= 15 is 0 Å². The van der Waals surface area contributed by atoms with Crippen molar-refractivity contribution in [2.45, 2.75) is 38.1 Å². The Morgan fingerprint density at radius 3 is 2.61 bits per heavy atom. The number of rotatable bonds is 6. The molecule has 3 heteroatoms. The van der Waals surface area contributed by atoms with Gasteiger partial charge in [-0.1, -0.05) is 13.0 Å². The van der Waals surface area contributed by atoms with Gasteiger partial charge in [-0.2, -0.15) is 0 Å². The first-order valence-electron chi connectivity index (χ1n) is 6.73. The zero-order chi connectivity index (χ0) is 13.0. The third kappa shape index (κ3) is 2.78. The number of methoxy groups -OCH3 is 2. The van der Waals surface area contributed by atoms with E-state index in [0.717, 1.165) is 18.0 Å². The van der Waals surface area contributed by atoms with Gasteiger partial charge in [-0.25, -0.2) is 0 Å². The summed E-state index contributed by atoms with van der Waals surface area (Å²) >= 11 is 0. The van der Waals surface area contributed by atoms with Crippen LogP contribution in [-0.2, 0) is 0 Å². The van der Waals surface area contributed by atoms with Gasteiger partial charge in [0.15, 0.2) is 0 Å². The van der Waals surface area contributed by atoms with Crippen LogP contribution in [0.1, 0.15) is 37.7 Å². The smallest absolute Gasteiger partial charge is 0.126 e. The molecule has 1 fully saturated rings. The highest BCUT2D eigenvalue weighted by Gasteiger charge is 2.31. The average Bonchev–Trinajstić information content (AvgIpc) is 2.37. The second kappa shape index (κ2) is 6.10. The molecule has 0 unspecified atom stereocenters. The van der Waals surface area contributed by atoms with Gasteiger partial charge in [0.05, 0.1) is 14.2 Å². The number of hydrogen-bond donors (Lipinski definition) is 1. The highest BCUT2D eigenvalue weighted by molar-refractivity contribution is 5.43. The molecule has 2 rings (SSSR count). The van der Waals surface area contributed by atoms with Crippen LogP contribution in [0, 0.1) is 0 Å². The minimum Gasteiger partial charge on any atom is -0.497 e. The van der Waals surface area contributed by atoms with E-state index in [-0.39, 0.29) is 0 Å². The predicted octanol–water partition coefficient (Wildman–Crippen LogP) is 2.95. The monoisotopic (exact) mass is 249 g/mol. The molecule has 1 N–H and O–H groups in total. The lowest BCUT2D eigenvalue weighted by Crippen LogP contribution is -2.40. The first-order valence-corrected chi connectivity index (χ1v) is 6.73. The fraction of sp³-hybridized carbons (Fsp3) is 0.600. The lowest BCUT2D eigenvalue weighted by molar-refractivity contribution is 0.283. The second-order valence-corrected chi connectivity index (χ2v) is 4.93. The Balaban J connectivity index is 1.98. The van der Waals surface area contributed by atoms with Crippen molar-refractivity contribution in [2.24, 2.45) is 0 Å². The van der Waals surface area contributed by atoms with E-state index in [1.54, 1.807) is 14.2 Å². The molecule has 1 aromatic carbocycles. The zero-order valence-corrected chi connectivity index (χ0v) is 11.5. The van der Waals surface area contributed by atoms with Crippen molar-refractivity contribution in [1.82, 2.24) is 5.32 Å². The maximum absolute atomic E-state index is 5.46. The predicted molar refractivity (Wildman–Crippen MR) is 73.6 cm³/mol. The van der Waals surface area contributed by atoms with Crippen molar-refractivity contribution < 1.29 is 9.47 Å². The van der Waals surface area contributed by atoms with Crippen molar-refractivity contribution >= 4 is 0 Å². The van der Waals surface area contributed by atoms with Crippen LogP contribution < -0.4 is 14.8 Å². The molecule has 18 heavy (non-hydrogen) atoms. The Hall–Kier alpha value is -1.22. The topological polar surface area (TPSA) is 30.5 Å². The minimum atomic E-state index is 0.625. The molecular weight excluding hydrogens is 226 g/mol. The van der Waals surface area contributed by atoms with Crippen molar-refractivity contribution in [2.75, 3.05) is 20.8 Å². The van der Waals surface area contributed by atoms with Gasteiger partial charge in [0, 0.05) is 12.1 Å². The molecule has 1 aliphatic carbocycles. The van der Waals surface area contributed by atoms with Gasteiger partial charge in [0.1, 0.15) is 11.5 Å². The normalized spacial score (nSPS) is 22.4. The van der Waals surface area contributed by atoms with Crippen molar-refractivity contribution in [3.05, 3.63) is 23.8 Å². The van der Waals surface area contributed by atoms with Crippen LogP contribution in [0.5, 0.6) is 11.5 Å². The molecule has 0 spiro atoms.